The van der Waals surface area contributed by atoms with Crippen LogP contribution in [0.5, 0.6) is 0 Å². The lowest BCUT2D eigenvalue weighted by atomic mass is 10.1. The van der Waals surface area contributed by atoms with E-state index >= 15 is 0 Å². The minimum absolute atomic E-state index is 0.00243. The van der Waals surface area contributed by atoms with Crippen LogP contribution in [0.3, 0.4) is 0 Å². The number of ether oxygens (including phenoxy) is 1. The van der Waals surface area contributed by atoms with E-state index in [0.29, 0.717) is 0 Å². The third-order valence-electron chi connectivity index (χ3n) is 2.32. The number of aldehydes is 1. The van der Waals surface area contributed by atoms with E-state index in [9.17, 15) is 22.8 Å². The van der Waals surface area contributed by atoms with Crippen molar-refractivity contribution >= 4 is 18.1 Å². The predicted octanol–water partition coefficient (Wildman–Crippen LogP) is 3.57. The summed E-state index contributed by atoms with van der Waals surface area (Å²) in [5, 5.41) is 1.85. The van der Waals surface area contributed by atoms with Crippen LogP contribution in [0.1, 0.15) is 36.7 Å². The number of hydrogen-bond donors (Lipinski definition) is 1. The molecule has 0 radical (unpaired) electrons. The highest BCUT2D eigenvalue weighted by atomic mass is 19.2. The van der Waals surface area contributed by atoms with Crippen molar-refractivity contribution < 1.29 is 27.5 Å². The molecule has 0 aliphatic rings. The number of carbonyl (C=O) groups excluding carboxylic acids is 2. The SMILES string of the molecule is Cc1c(F)c(F)c(NC(=O)OC(C)(C)C)c(C=O)c1F. The second-order valence-electron chi connectivity index (χ2n) is 5.10. The van der Waals surface area contributed by atoms with Crippen LogP contribution in [-0.4, -0.2) is 18.0 Å². The van der Waals surface area contributed by atoms with Crippen LogP contribution in [0.25, 0.3) is 0 Å². The maximum Gasteiger partial charge on any atom is 0.412 e. The van der Waals surface area contributed by atoms with Gasteiger partial charge in [-0.25, -0.2) is 18.0 Å². The van der Waals surface area contributed by atoms with Gasteiger partial charge in [0.25, 0.3) is 0 Å². The van der Waals surface area contributed by atoms with Crippen LogP contribution in [0.15, 0.2) is 0 Å². The summed E-state index contributed by atoms with van der Waals surface area (Å²) in [6.07, 6.45) is -1.13. The third-order valence-corrected chi connectivity index (χ3v) is 2.32. The first kappa shape index (κ1) is 16.0. The monoisotopic (exact) mass is 289 g/mol. The van der Waals surface area contributed by atoms with Crippen molar-refractivity contribution in [1.29, 1.82) is 0 Å². The molecule has 0 saturated heterocycles. The van der Waals surface area contributed by atoms with Gasteiger partial charge in [-0.15, -0.1) is 0 Å². The molecular weight excluding hydrogens is 275 g/mol. The molecule has 1 aromatic rings. The highest BCUT2D eigenvalue weighted by Gasteiger charge is 2.25. The molecule has 0 heterocycles. The molecule has 0 atom stereocenters. The maximum atomic E-state index is 13.7. The van der Waals surface area contributed by atoms with Gasteiger partial charge in [-0.1, -0.05) is 0 Å². The quantitative estimate of drug-likeness (QED) is 0.669. The largest absolute Gasteiger partial charge is 0.444 e. The van der Waals surface area contributed by atoms with Gasteiger partial charge in [0.1, 0.15) is 11.4 Å². The first-order chi connectivity index (χ1) is 9.08. The number of anilines is 1. The molecule has 110 valence electrons. The minimum Gasteiger partial charge on any atom is -0.444 e. The van der Waals surface area contributed by atoms with Crippen molar-refractivity contribution in [3.63, 3.8) is 0 Å². The summed E-state index contributed by atoms with van der Waals surface area (Å²) < 4.78 is 45.6. The second-order valence-corrected chi connectivity index (χ2v) is 5.10. The Hall–Kier alpha value is -2.05. The smallest absolute Gasteiger partial charge is 0.412 e. The molecule has 1 amide bonds. The van der Waals surface area contributed by atoms with Crippen molar-refractivity contribution in [2.45, 2.75) is 33.3 Å². The summed E-state index contributed by atoms with van der Waals surface area (Å²) in [6, 6.07) is 0. The summed E-state index contributed by atoms with van der Waals surface area (Å²) in [7, 11) is 0. The van der Waals surface area contributed by atoms with Crippen LogP contribution in [-0.2, 0) is 4.74 Å². The first-order valence-electron chi connectivity index (χ1n) is 5.70. The van der Waals surface area contributed by atoms with Crippen molar-refractivity contribution in [3.8, 4) is 0 Å². The summed E-state index contributed by atoms with van der Waals surface area (Å²) in [6.45, 7) is 5.65. The van der Waals surface area contributed by atoms with E-state index in [1.54, 1.807) is 20.8 Å². The van der Waals surface area contributed by atoms with Gasteiger partial charge in [-0.2, -0.15) is 0 Å². The molecule has 0 spiro atoms. The molecule has 0 fully saturated rings. The van der Waals surface area contributed by atoms with Crippen LogP contribution in [0.2, 0.25) is 0 Å². The Kier molecular flexibility index (Phi) is 4.42. The Morgan fingerprint density at radius 1 is 1.15 bits per heavy atom. The minimum atomic E-state index is -1.52. The van der Waals surface area contributed by atoms with Gasteiger partial charge in [0.15, 0.2) is 17.9 Å². The van der Waals surface area contributed by atoms with Crippen molar-refractivity contribution in [2.24, 2.45) is 0 Å². The van der Waals surface area contributed by atoms with Gasteiger partial charge in [0.2, 0.25) is 0 Å². The topological polar surface area (TPSA) is 55.4 Å². The second kappa shape index (κ2) is 5.52. The number of benzene rings is 1. The molecule has 0 bridgehead atoms. The Labute approximate surface area is 113 Å². The predicted molar refractivity (Wildman–Crippen MR) is 66.3 cm³/mol. The van der Waals surface area contributed by atoms with Crippen LogP contribution in [0, 0.1) is 24.4 Å². The maximum absolute atomic E-state index is 13.7. The molecule has 0 aliphatic heterocycles. The average molecular weight is 289 g/mol. The Morgan fingerprint density at radius 3 is 2.15 bits per heavy atom. The first-order valence-corrected chi connectivity index (χ1v) is 5.70. The fraction of sp³-hybridized carbons (Fsp3) is 0.385. The zero-order valence-electron chi connectivity index (χ0n) is 11.4. The number of amides is 1. The molecule has 1 aromatic carbocycles. The fourth-order valence-electron chi connectivity index (χ4n) is 1.44. The third kappa shape index (κ3) is 3.28. The van der Waals surface area contributed by atoms with Crippen molar-refractivity contribution in [1.82, 2.24) is 0 Å². The van der Waals surface area contributed by atoms with Crippen molar-refractivity contribution in [2.75, 3.05) is 5.32 Å². The van der Waals surface area contributed by atoms with Gasteiger partial charge in [-0.05, 0) is 27.7 Å². The van der Waals surface area contributed by atoms with Crippen LogP contribution >= 0.6 is 0 Å². The molecule has 1 N–H and O–H groups in total. The summed E-state index contributed by atoms with van der Waals surface area (Å²) >= 11 is 0. The Balaban J connectivity index is 3.25. The zero-order chi connectivity index (χ0) is 15.7. The van der Waals surface area contributed by atoms with Gasteiger partial charge in [0, 0.05) is 5.56 Å². The number of nitrogens with one attached hydrogen (secondary N) is 1. The molecule has 0 aromatic heterocycles. The molecule has 20 heavy (non-hydrogen) atoms. The van der Waals surface area contributed by atoms with Gasteiger partial charge < -0.3 is 4.74 Å². The lowest BCUT2D eigenvalue weighted by Gasteiger charge is -2.20. The summed E-state index contributed by atoms with van der Waals surface area (Å²) in [4.78, 5) is 22.3. The van der Waals surface area contributed by atoms with Gasteiger partial charge in [-0.3, -0.25) is 10.1 Å². The van der Waals surface area contributed by atoms with Crippen LogP contribution in [0.4, 0.5) is 23.7 Å². The standard InChI is InChI=1S/C13H14F3NO3/c1-6-8(14)7(5-18)11(10(16)9(6)15)17-12(19)20-13(2,3)4/h5H,1-4H3,(H,17,19). The van der Waals surface area contributed by atoms with E-state index < -0.39 is 46.0 Å². The van der Waals surface area contributed by atoms with Gasteiger partial charge >= 0.3 is 6.09 Å². The van der Waals surface area contributed by atoms with Gasteiger partial charge in [0.05, 0.1) is 11.3 Å². The molecule has 0 aliphatic carbocycles. The van der Waals surface area contributed by atoms with E-state index in [1.165, 1.54) is 0 Å². The fourth-order valence-corrected chi connectivity index (χ4v) is 1.44. The molecule has 0 unspecified atom stereocenters. The number of carbonyl (C=O) groups is 2. The van der Waals surface area contributed by atoms with Crippen molar-refractivity contribution in [3.05, 3.63) is 28.6 Å². The molecular formula is C13H14F3NO3. The number of rotatable bonds is 2. The van der Waals surface area contributed by atoms with E-state index in [0.717, 1.165) is 6.92 Å². The van der Waals surface area contributed by atoms with E-state index in [2.05, 4.69) is 0 Å². The highest BCUT2D eigenvalue weighted by Crippen LogP contribution is 2.28. The number of hydrogen-bond acceptors (Lipinski definition) is 3. The summed E-state index contributed by atoms with van der Waals surface area (Å²) in [5.41, 5.74) is -3.18. The zero-order valence-corrected chi connectivity index (χ0v) is 11.4. The molecule has 0 saturated carbocycles. The van der Waals surface area contributed by atoms with E-state index in [4.69, 9.17) is 4.74 Å². The lowest BCUT2D eigenvalue weighted by Crippen LogP contribution is -2.28. The lowest BCUT2D eigenvalue weighted by molar-refractivity contribution is 0.0635. The summed E-state index contributed by atoms with van der Waals surface area (Å²) in [5.74, 6) is -4.22. The van der Waals surface area contributed by atoms with E-state index in [1.807, 2.05) is 5.32 Å². The highest BCUT2D eigenvalue weighted by molar-refractivity contribution is 5.94. The van der Waals surface area contributed by atoms with Crippen LogP contribution < -0.4 is 5.32 Å². The Morgan fingerprint density at radius 2 is 1.70 bits per heavy atom. The number of halogens is 3. The molecule has 7 heteroatoms. The Bertz CT molecular complexity index is 565. The normalized spacial score (nSPS) is 11.2. The molecule has 4 nitrogen and oxygen atoms in total. The van der Waals surface area contributed by atoms with E-state index in [-0.39, 0.29) is 6.29 Å². The average Bonchev–Trinajstić information content (AvgIpc) is 2.31. The molecule has 1 rings (SSSR count).